The lowest BCUT2D eigenvalue weighted by Crippen LogP contribution is -2.15. The van der Waals surface area contributed by atoms with Crippen LogP contribution >= 0.6 is 11.3 Å². The van der Waals surface area contributed by atoms with Crippen LogP contribution in [0.3, 0.4) is 0 Å². The van der Waals surface area contributed by atoms with Gasteiger partial charge in [-0.3, -0.25) is 4.79 Å². The summed E-state index contributed by atoms with van der Waals surface area (Å²) in [7, 11) is 0. The van der Waals surface area contributed by atoms with Crippen LogP contribution in [-0.2, 0) is 4.74 Å². The van der Waals surface area contributed by atoms with Gasteiger partial charge in [0.2, 0.25) is 0 Å². The van der Waals surface area contributed by atoms with E-state index in [0.29, 0.717) is 21.8 Å². The Morgan fingerprint density at radius 2 is 1.67 bits per heavy atom. The molecule has 3 aromatic carbocycles. The highest BCUT2D eigenvalue weighted by molar-refractivity contribution is 7.15. The third-order valence-corrected chi connectivity index (χ3v) is 6.75. The monoisotopic (exact) mass is 492 g/mol. The minimum atomic E-state index is -0.465. The smallest absolute Gasteiger partial charge is 0.341 e. The molecule has 5 rings (SSSR count). The molecule has 5 aromatic rings. The van der Waals surface area contributed by atoms with E-state index in [4.69, 9.17) is 9.72 Å². The Morgan fingerprint density at radius 1 is 0.917 bits per heavy atom. The number of fused-ring (bicyclic) bond motifs is 1. The van der Waals surface area contributed by atoms with Crippen molar-refractivity contribution in [2.75, 3.05) is 11.9 Å². The number of esters is 1. The molecule has 0 saturated heterocycles. The van der Waals surface area contributed by atoms with Crippen molar-refractivity contribution in [3.05, 3.63) is 107 Å². The van der Waals surface area contributed by atoms with E-state index in [-0.39, 0.29) is 12.5 Å². The highest BCUT2D eigenvalue weighted by Crippen LogP contribution is 2.37. The number of hydrogen-bond acceptors (Lipinski definition) is 5. The average molecular weight is 493 g/mol. The van der Waals surface area contributed by atoms with Crippen molar-refractivity contribution in [3.8, 4) is 22.4 Å². The molecule has 0 spiro atoms. The van der Waals surface area contributed by atoms with Crippen LogP contribution in [0.4, 0.5) is 5.00 Å². The standard InChI is InChI=1S/C30H24N2O3S/c1-3-35-30(34)27-24(20-11-5-4-6-12-20)18-36-29(27)32-28(33)23-17-26(21-13-9-10-19(2)16-21)31-25-15-8-7-14-22(23)25/h4-18H,3H2,1-2H3,(H,32,33). The Bertz CT molecular complexity index is 1570. The van der Waals surface area contributed by atoms with Crippen molar-refractivity contribution in [2.45, 2.75) is 13.8 Å². The van der Waals surface area contributed by atoms with Crippen LogP contribution in [-0.4, -0.2) is 23.5 Å². The van der Waals surface area contributed by atoms with Crippen LogP contribution in [0.5, 0.6) is 0 Å². The first-order chi connectivity index (χ1) is 17.5. The summed E-state index contributed by atoms with van der Waals surface area (Å²) in [5.41, 5.74) is 5.94. The van der Waals surface area contributed by atoms with Crippen LogP contribution in [0.15, 0.2) is 90.3 Å². The first-order valence-electron chi connectivity index (χ1n) is 11.7. The summed E-state index contributed by atoms with van der Waals surface area (Å²) in [4.78, 5) is 31.4. The molecule has 0 fully saturated rings. The highest BCUT2D eigenvalue weighted by Gasteiger charge is 2.24. The van der Waals surface area contributed by atoms with Crippen LogP contribution < -0.4 is 5.32 Å². The summed E-state index contributed by atoms with van der Waals surface area (Å²) in [5, 5.41) is 6.06. The highest BCUT2D eigenvalue weighted by atomic mass is 32.1. The van der Waals surface area contributed by atoms with Crippen molar-refractivity contribution < 1.29 is 14.3 Å². The van der Waals surface area contributed by atoms with Gasteiger partial charge in [0.1, 0.15) is 10.6 Å². The molecule has 1 amide bonds. The Labute approximate surface area is 213 Å². The summed E-state index contributed by atoms with van der Waals surface area (Å²) in [6, 6.07) is 27.0. The Kier molecular flexibility index (Phi) is 6.60. The molecule has 2 heterocycles. The van der Waals surface area contributed by atoms with E-state index in [1.165, 1.54) is 11.3 Å². The zero-order valence-corrected chi connectivity index (χ0v) is 20.8. The fourth-order valence-corrected chi connectivity index (χ4v) is 5.12. The van der Waals surface area contributed by atoms with Crippen molar-refractivity contribution in [3.63, 3.8) is 0 Å². The number of aryl methyl sites for hydroxylation is 1. The lowest BCUT2D eigenvalue weighted by atomic mass is 10.0. The van der Waals surface area contributed by atoms with Gasteiger partial charge < -0.3 is 10.1 Å². The zero-order valence-electron chi connectivity index (χ0n) is 19.9. The second kappa shape index (κ2) is 10.1. The van der Waals surface area contributed by atoms with Crippen molar-refractivity contribution in [1.29, 1.82) is 0 Å². The van der Waals surface area contributed by atoms with Gasteiger partial charge in [0.05, 0.1) is 23.4 Å². The molecule has 6 heteroatoms. The average Bonchev–Trinajstić information content (AvgIpc) is 3.32. The molecule has 2 aromatic heterocycles. The summed E-state index contributed by atoms with van der Waals surface area (Å²) < 4.78 is 5.34. The quantitative estimate of drug-likeness (QED) is 0.251. The first-order valence-corrected chi connectivity index (χ1v) is 12.6. The molecule has 178 valence electrons. The Balaban J connectivity index is 1.58. The number of nitrogens with zero attached hydrogens (tertiary/aromatic N) is 1. The number of anilines is 1. The lowest BCUT2D eigenvalue weighted by Gasteiger charge is -2.12. The van der Waals surface area contributed by atoms with Crippen molar-refractivity contribution >= 4 is 39.1 Å². The molecular weight excluding hydrogens is 468 g/mol. The molecular formula is C30H24N2O3S. The van der Waals surface area contributed by atoms with E-state index in [1.807, 2.05) is 97.2 Å². The van der Waals surface area contributed by atoms with Gasteiger partial charge in [-0.2, -0.15) is 0 Å². The number of para-hydroxylation sites is 1. The van der Waals surface area contributed by atoms with Gasteiger partial charge in [0, 0.05) is 21.9 Å². The Hall–Kier alpha value is -4.29. The maximum atomic E-state index is 13.7. The minimum Gasteiger partial charge on any atom is -0.462 e. The predicted octanol–water partition coefficient (Wildman–Crippen LogP) is 7.37. The number of carbonyl (C=O) groups is 2. The van der Waals surface area contributed by atoms with Crippen LogP contribution in [0, 0.1) is 6.92 Å². The number of carbonyl (C=O) groups excluding carboxylic acids is 2. The van der Waals surface area contributed by atoms with Gasteiger partial charge in [-0.05, 0) is 37.6 Å². The number of amides is 1. The second-order valence-corrected chi connectivity index (χ2v) is 9.22. The number of pyridine rings is 1. The summed E-state index contributed by atoms with van der Waals surface area (Å²) in [6.45, 7) is 4.03. The summed E-state index contributed by atoms with van der Waals surface area (Å²) in [5.74, 6) is -0.776. The molecule has 0 atom stereocenters. The van der Waals surface area contributed by atoms with Crippen molar-refractivity contribution in [2.24, 2.45) is 0 Å². The molecule has 36 heavy (non-hydrogen) atoms. The number of aromatic nitrogens is 1. The molecule has 0 saturated carbocycles. The minimum absolute atomic E-state index is 0.241. The summed E-state index contributed by atoms with van der Waals surface area (Å²) >= 11 is 1.31. The second-order valence-electron chi connectivity index (χ2n) is 8.34. The number of ether oxygens (including phenoxy) is 1. The van der Waals surface area contributed by atoms with E-state index in [1.54, 1.807) is 6.92 Å². The molecule has 0 bridgehead atoms. The van der Waals surface area contributed by atoms with Crippen LogP contribution in [0.25, 0.3) is 33.3 Å². The van der Waals surface area contributed by atoms with E-state index in [9.17, 15) is 9.59 Å². The fourth-order valence-electron chi connectivity index (χ4n) is 4.17. The number of nitrogens with one attached hydrogen (secondary N) is 1. The normalized spacial score (nSPS) is 10.8. The molecule has 0 aliphatic heterocycles. The maximum Gasteiger partial charge on any atom is 0.341 e. The molecule has 0 radical (unpaired) electrons. The SMILES string of the molecule is CCOC(=O)c1c(-c2ccccc2)csc1NC(=O)c1cc(-c2cccc(C)c2)nc2ccccc12. The molecule has 0 unspecified atom stereocenters. The number of benzene rings is 3. The largest absolute Gasteiger partial charge is 0.462 e. The Morgan fingerprint density at radius 3 is 2.44 bits per heavy atom. The van der Waals surface area contributed by atoms with Gasteiger partial charge >= 0.3 is 5.97 Å². The predicted molar refractivity (Wildman–Crippen MR) is 146 cm³/mol. The van der Waals surface area contributed by atoms with E-state index in [2.05, 4.69) is 5.32 Å². The molecule has 0 aliphatic carbocycles. The summed E-state index contributed by atoms with van der Waals surface area (Å²) in [6.07, 6.45) is 0. The third kappa shape index (κ3) is 4.63. The first kappa shape index (κ1) is 23.5. The lowest BCUT2D eigenvalue weighted by molar-refractivity contribution is 0.0529. The van der Waals surface area contributed by atoms with E-state index >= 15 is 0 Å². The molecule has 0 aliphatic rings. The third-order valence-electron chi connectivity index (χ3n) is 5.86. The number of thiophene rings is 1. The van der Waals surface area contributed by atoms with Crippen molar-refractivity contribution in [1.82, 2.24) is 4.98 Å². The van der Waals surface area contributed by atoms with E-state index in [0.717, 1.165) is 33.2 Å². The van der Waals surface area contributed by atoms with Crippen LogP contribution in [0.2, 0.25) is 0 Å². The number of rotatable bonds is 6. The molecule has 1 N–H and O–H groups in total. The van der Waals surface area contributed by atoms with Gasteiger partial charge in [-0.25, -0.2) is 9.78 Å². The van der Waals surface area contributed by atoms with Gasteiger partial charge in [-0.15, -0.1) is 11.3 Å². The van der Waals surface area contributed by atoms with E-state index < -0.39 is 5.97 Å². The zero-order chi connectivity index (χ0) is 25.1. The molecule has 5 nitrogen and oxygen atoms in total. The number of hydrogen-bond donors (Lipinski definition) is 1. The van der Waals surface area contributed by atoms with Gasteiger partial charge in [0.15, 0.2) is 0 Å². The van der Waals surface area contributed by atoms with Gasteiger partial charge in [-0.1, -0.05) is 72.3 Å². The fraction of sp³-hybridized carbons (Fsp3) is 0.100. The van der Waals surface area contributed by atoms with Gasteiger partial charge in [0.25, 0.3) is 5.91 Å². The van der Waals surface area contributed by atoms with Crippen LogP contribution in [0.1, 0.15) is 33.2 Å². The topological polar surface area (TPSA) is 68.3 Å². The maximum absolute atomic E-state index is 13.7.